The van der Waals surface area contributed by atoms with Crippen LogP contribution in [0.4, 0.5) is 0 Å². The van der Waals surface area contributed by atoms with Crippen LogP contribution in [0.5, 0.6) is 0 Å². The van der Waals surface area contributed by atoms with Gasteiger partial charge in [-0.15, -0.1) is 0 Å². The molecule has 0 unspecified atom stereocenters. The van der Waals surface area contributed by atoms with Crippen molar-refractivity contribution < 1.29 is 19.8 Å². The fraction of sp³-hybridized carbons (Fsp3) is 0.438. The highest BCUT2D eigenvalue weighted by Crippen LogP contribution is 2.50. The van der Waals surface area contributed by atoms with Crippen LogP contribution in [0.3, 0.4) is 0 Å². The number of hydrogen-bond donors (Lipinski definition) is 3. The van der Waals surface area contributed by atoms with E-state index in [0.29, 0.717) is 23.4 Å². The van der Waals surface area contributed by atoms with E-state index in [1.165, 1.54) is 4.90 Å². The number of aliphatic hydroxyl groups is 1. The Morgan fingerprint density at radius 3 is 2.65 bits per heavy atom. The molecule has 7 heteroatoms. The molecule has 1 fully saturated rings. The second-order valence-electron chi connectivity index (χ2n) is 6.06. The van der Waals surface area contributed by atoms with E-state index in [-0.39, 0.29) is 23.6 Å². The van der Waals surface area contributed by atoms with Crippen molar-refractivity contribution in [2.45, 2.75) is 32.5 Å². The van der Waals surface area contributed by atoms with E-state index in [2.05, 4.69) is 4.98 Å². The molecule has 2 aliphatic rings. The van der Waals surface area contributed by atoms with Crippen molar-refractivity contribution in [3.63, 3.8) is 0 Å². The summed E-state index contributed by atoms with van der Waals surface area (Å²) in [7, 11) is 0. The van der Waals surface area contributed by atoms with Crippen molar-refractivity contribution in [2.24, 2.45) is 17.6 Å². The van der Waals surface area contributed by atoms with E-state index < -0.39 is 18.0 Å². The van der Waals surface area contributed by atoms with Gasteiger partial charge in [0.15, 0.2) is 0 Å². The highest BCUT2D eigenvalue weighted by Gasteiger charge is 2.59. The summed E-state index contributed by atoms with van der Waals surface area (Å²) in [6.07, 6.45) is 0.781. The van der Waals surface area contributed by atoms with Crippen molar-refractivity contribution in [1.82, 2.24) is 9.88 Å². The van der Waals surface area contributed by atoms with Gasteiger partial charge in [-0.2, -0.15) is 0 Å². The molecule has 0 spiro atoms. The normalized spacial score (nSPS) is 27.7. The molecule has 2 aliphatic heterocycles. The minimum absolute atomic E-state index is 0.00769. The summed E-state index contributed by atoms with van der Waals surface area (Å²) >= 11 is 0. The van der Waals surface area contributed by atoms with E-state index in [1.807, 2.05) is 6.92 Å². The van der Waals surface area contributed by atoms with E-state index in [0.717, 1.165) is 0 Å². The third kappa shape index (κ3) is 2.15. The second-order valence-corrected chi connectivity index (χ2v) is 6.06. The first-order chi connectivity index (χ1) is 10.9. The summed E-state index contributed by atoms with van der Waals surface area (Å²) in [5, 5.41) is 19.4. The van der Waals surface area contributed by atoms with Crippen molar-refractivity contribution in [3.05, 3.63) is 35.3 Å². The lowest BCUT2D eigenvalue weighted by molar-refractivity contribution is -0.163. The number of β-lactam (4-membered cyclic amide) rings is 1. The fourth-order valence-electron chi connectivity index (χ4n) is 3.66. The number of aliphatic carboxylic acids is 1. The molecule has 1 amide bonds. The Morgan fingerprint density at radius 2 is 2.17 bits per heavy atom. The van der Waals surface area contributed by atoms with Gasteiger partial charge in [-0.1, -0.05) is 13.0 Å². The zero-order valence-electron chi connectivity index (χ0n) is 12.9. The molecule has 23 heavy (non-hydrogen) atoms. The monoisotopic (exact) mass is 317 g/mol. The Kier molecular flexibility index (Phi) is 3.69. The van der Waals surface area contributed by atoms with Crippen LogP contribution in [0.2, 0.25) is 0 Å². The number of rotatable bonds is 4. The van der Waals surface area contributed by atoms with Crippen molar-refractivity contribution in [1.29, 1.82) is 0 Å². The molecule has 122 valence electrons. The summed E-state index contributed by atoms with van der Waals surface area (Å²) < 4.78 is 0. The lowest BCUT2D eigenvalue weighted by Gasteiger charge is -2.46. The quantitative estimate of drug-likeness (QED) is 0.683. The third-order valence-corrected chi connectivity index (χ3v) is 4.72. The van der Waals surface area contributed by atoms with E-state index >= 15 is 0 Å². The van der Waals surface area contributed by atoms with Crippen LogP contribution in [0, 0.1) is 11.8 Å². The average Bonchev–Trinajstić information content (AvgIpc) is 2.76. The number of pyridine rings is 1. The molecule has 0 bridgehead atoms. The lowest BCUT2D eigenvalue weighted by atomic mass is 9.77. The standard InChI is InChI=1S/C16H19N3O4/c1-7-11(9-3-4-10(5-17)18-6-9)14(16(22)23)19-13(7)12(8(2)20)15(19)21/h3-4,6-8,12-13,20H,5,17H2,1-2H3,(H,22,23)/t7-,8+,12+,13+/m0/s1. The number of aromatic nitrogens is 1. The molecule has 1 aromatic rings. The number of carboxylic acid groups (broad SMARTS) is 1. The molecule has 0 aliphatic carbocycles. The number of fused-ring (bicyclic) bond motifs is 1. The van der Waals surface area contributed by atoms with Gasteiger partial charge >= 0.3 is 5.97 Å². The second kappa shape index (κ2) is 5.43. The van der Waals surface area contributed by atoms with Gasteiger partial charge in [-0.05, 0) is 24.1 Å². The average molecular weight is 317 g/mol. The number of carboxylic acids is 1. The minimum atomic E-state index is -1.14. The number of nitrogens with two attached hydrogens (primary N) is 1. The van der Waals surface area contributed by atoms with E-state index in [1.54, 1.807) is 25.3 Å². The minimum Gasteiger partial charge on any atom is -0.477 e. The molecule has 3 rings (SSSR count). The third-order valence-electron chi connectivity index (χ3n) is 4.72. The number of aliphatic hydroxyl groups excluding tert-OH is 1. The van der Waals surface area contributed by atoms with Crippen LogP contribution in [-0.2, 0) is 16.1 Å². The molecule has 0 radical (unpaired) electrons. The predicted octanol–water partition coefficient (Wildman–Crippen LogP) is 0.194. The van der Waals surface area contributed by atoms with Crippen molar-refractivity contribution >= 4 is 17.4 Å². The first kappa shape index (κ1) is 15.6. The van der Waals surface area contributed by atoms with Crippen LogP contribution in [-0.4, -0.2) is 44.1 Å². The summed E-state index contributed by atoms with van der Waals surface area (Å²) in [4.78, 5) is 29.5. The first-order valence-corrected chi connectivity index (χ1v) is 7.52. The topological polar surface area (TPSA) is 117 Å². The van der Waals surface area contributed by atoms with E-state index in [9.17, 15) is 19.8 Å². The summed E-state index contributed by atoms with van der Waals surface area (Å²) in [5.74, 6) is -2.23. The maximum Gasteiger partial charge on any atom is 0.352 e. The molecule has 7 nitrogen and oxygen atoms in total. The summed E-state index contributed by atoms with van der Waals surface area (Å²) in [5.41, 5.74) is 7.47. The molecular weight excluding hydrogens is 298 g/mol. The van der Waals surface area contributed by atoms with E-state index in [4.69, 9.17) is 5.73 Å². The largest absolute Gasteiger partial charge is 0.477 e. The van der Waals surface area contributed by atoms with Gasteiger partial charge in [0.05, 0.1) is 23.8 Å². The lowest BCUT2D eigenvalue weighted by Crippen LogP contribution is -2.63. The molecule has 1 aromatic heterocycles. The summed E-state index contributed by atoms with van der Waals surface area (Å²) in [6.45, 7) is 3.74. The van der Waals surface area contributed by atoms with Gasteiger partial charge in [0.1, 0.15) is 5.70 Å². The Labute approximate surface area is 133 Å². The zero-order valence-corrected chi connectivity index (χ0v) is 12.9. The Hall–Kier alpha value is -2.25. The summed E-state index contributed by atoms with van der Waals surface area (Å²) in [6, 6.07) is 3.20. The van der Waals surface area contributed by atoms with Gasteiger partial charge in [0, 0.05) is 18.7 Å². The molecule has 0 aromatic carbocycles. The van der Waals surface area contributed by atoms with Gasteiger partial charge in [-0.25, -0.2) is 4.79 Å². The smallest absolute Gasteiger partial charge is 0.352 e. The molecular formula is C16H19N3O4. The van der Waals surface area contributed by atoms with Crippen LogP contribution in [0.25, 0.3) is 5.57 Å². The fourth-order valence-corrected chi connectivity index (χ4v) is 3.66. The van der Waals surface area contributed by atoms with Crippen molar-refractivity contribution in [3.8, 4) is 0 Å². The van der Waals surface area contributed by atoms with Gasteiger partial charge in [-0.3, -0.25) is 9.78 Å². The maximum atomic E-state index is 12.3. The molecule has 0 saturated carbocycles. The highest BCUT2D eigenvalue weighted by molar-refractivity contribution is 6.06. The van der Waals surface area contributed by atoms with Gasteiger partial charge < -0.3 is 20.8 Å². The first-order valence-electron chi connectivity index (χ1n) is 7.52. The van der Waals surface area contributed by atoms with Crippen LogP contribution in [0.1, 0.15) is 25.1 Å². The number of carbonyl (C=O) groups is 2. The number of nitrogens with zero attached hydrogens (tertiary/aromatic N) is 2. The Bertz CT molecular complexity index is 696. The Balaban J connectivity index is 2.07. The van der Waals surface area contributed by atoms with Gasteiger partial charge in [0.2, 0.25) is 5.91 Å². The maximum absolute atomic E-state index is 12.3. The number of amides is 1. The zero-order chi connectivity index (χ0) is 16.9. The molecule has 4 N–H and O–H groups in total. The molecule has 4 atom stereocenters. The molecule has 3 heterocycles. The SMILES string of the molecule is C[C@@H](O)[C@H]1C(=O)N2C(C(=O)O)=C(c3ccc(CN)nc3)[C@H](C)[C@H]12. The highest BCUT2D eigenvalue weighted by atomic mass is 16.4. The number of hydrogen-bond acceptors (Lipinski definition) is 5. The van der Waals surface area contributed by atoms with Crippen LogP contribution < -0.4 is 5.73 Å². The van der Waals surface area contributed by atoms with Crippen molar-refractivity contribution in [2.75, 3.05) is 0 Å². The van der Waals surface area contributed by atoms with Gasteiger partial charge in [0.25, 0.3) is 0 Å². The Morgan fingerprint density at radius 1 is 1.48 bits per heavy atom. The number of carbonyl (C=O) groups excluding carboxylic acids is 1. The molecule has 1 saturated heterocycles. The van der Waals surface area contributed by atoms with Crippen LogP contribution in [0.15, 0.2) is 24.0 Å². The predicted molar refractivity (Wildman–Crippen MR) is 81.7 cm³/mol. The van der Waals surface area contributed by atoms with Crippen LogP contribution >= 0.6 is 0 Å².